The molecule has 2 heterocycles. The van der Waals surface area contributed by atoms with Crippen molar-refractivity contribution in [3.8, 4) is 0 Å². The van der Waals surface area contributed by atoms with Crippen LogP contribution in [0.2, 0.25) is 0 Å². The van der Waals surface area contributed by atoms with Gasteiger partial charge in [0.2, 0.25) is 0 Å². The Bertz CT molecular complexity index is 607. The topological polar surface area (TPSA) is 24.9 Å². The third-order valence-corrected chi connectivity index (χ3v) is 3.55. The summed E-state index contributed by atoms with van der Waals surface area (Å²) in [5.41, 5.74) is 2.98. The van der Waals surface area contributed by atoms with Crippen LogP contribution in [-0.2, 0) is 13.0 Å². The number of pyridine rings is 1. The van der Waals surface area contributed by atoms with Crippen LogP contribution in [0.15, 0.2) is 67.0 Å². The molecule has 108 valence electrons. The molecule has 0 unspecified atom stereocenters. The lowest BCUT2D eigenvalue weighted by molar-refractivity contribution is 0.644. The second kappa shape index (κ2) is 7.77. The highest BCUT2D eigenvalue weighted by Gasteiger charge is 2.05. The van der Waals surface area contributed by atoms with E-state index < -0.39 is 0 Å². The second-order valence-electron chi connectivity index (χ2n) is 4.92. The van der Waals surface area contributed by atoms with Crippen molar-refractivity contribution in [2.24, 2.45) is 0 Å². The number of nitrogens with one attached hydrogen (secondary N) is 1. The molecule has 3 heteroatoms. The monoisotopic (exact) mass is 298 g/mol. The summed E-state index contributed by atoms with van der Waals surface area (Å²) in [6, 6.07) is 18.8. The first-order chi connectivity index (χ1) is 9.93. The molecule has 0 spiro atoms. The second-order valence-corrected chi connectivity index (χ2v) is 4.92. The van der Waals surface area contributed by atoms with E-state index in [2.05, 4.69) is 46.7 Å². The quantitative estimate of drug-likeness (QED) is 0.679. The number of hydrogen-bond donors (Lipinski definition) is 1. The molecule has 1 N–H and O–H groups in total. The first kappa shape index (κ1) is 15.5. The Labute approximate surface area is 131 Å². The Morgan fingerprint density at radius 1 is 0.810 bits per heavy atom. The lowest BCUT2D eigenvalue weighted by Gasteiger charge is -2.15. The van der Waals surface area contributed by atoms with Gasteiger partial charge in [0.05, 0.1) is 0 Å². The SMILES string of the molecule is Cl.c1ccc2c(c1)CCNC2.c1ccc2cnccc2c1. The minimum absolute atomic E-state index is 0. The maximum Gasteiger partial charge on any atom is 0.0346 e. The molecular formula is C18H19ClN2. The molecule has 0 aliphatic carbocycles. The van der Waals surface area contributed by atoms with Crippen molar-refractivity contribution < 1.29 is 0 Å². The Hall–Kier alpha value is -1.90. The standard InChI is InChI=1S/C9H11N.C9H7N.ClH/c2*1-2-4-9-7-10-6-5-8(9)3-1;/h1-4,10H,5-7H2;1-7H;1H. The van der Waals surface area contributed by atoms with Crippen molar-refractivity contribution in [2.45, 2.75) is 13.0 Å². The fourth-order valence-corrected chi connectivity index (χ4v) is 2.45. The summed E-state index contributed by atoms with van der Waals surface area (Å²) >= 11 is 0. The molecule has 0 radical (unpaired) electrons. The largest absolute Gasteiger partial charge is 0.312 e. The molecule has 0 fully saturated rings. The molecule has 21 heavy (non-hydrogen) atoms. The Morgan fingerprint density at radius 2 is 1.52 bits per heavy atom. The van der Waals surface area contributed by atoms with Gasteiger partial charge in [0.1, 0.15) is 0 Å². The van der Waals surface area contributed by atoms with Crippen molar-refractivity contribution in [3.05, 3.63) is 78.1 Å². The average Bonchev–Trinajstić information content (AvgIpc) is 2.56. The number of hydrogen-bond acceptors (Lipinski definition) is 2. The van der Waals surface area contributed by atoms with Gasteiger partial charge in [0.25, 0.3) is 0 Å². The van der Waals surface area contributed by atoms with Crippen LogP contribution in [0.3, 0.4) is 0 Å². The van der Waals surface area contributed by atoms with E-state index in [9.17, 15) is 0 Å². The summed E-state index contributed by atoms with van der Waals surface area (Å²) in [6.45, 7) is 2.19. The minimum atomic E-state index is 0. The third kappa shape index (κ3) is 4.03. The summed E-state index contributed by atoms with van der Waals surface area (Å²) in [5, 5.41) is 5.79. The molecule has 3 aromatic rings. The van der Waals surface area contributed by atoms with Gasteiger partial charge < -0.3 is 5.32 Å². The van der Waals surface area contributed by atoms with Crippen LogP contribution in [0.4, 0.5) is 0 Å². The van der Waals surface area contributed by atoms with Crippen LogP contribution in [0.1, 0.15) is 11.1 Å². The van der Waals surface area contributed by atoms with Gasteiger partial charge in [0.15, 0.2) is 0 Å². The predicted molar refractivity (Wildman–Crippen MR) is 90.8 cm³/mol. The molecule has 0 bridgehead atoms. The third-order valence-electron chi connectivity index (χ3n) is 3.55. The van der Waals surface area contributed by atoms with Gasteiger partial charge in [-0.05, 0) is 40.9 Å². The maximum absolute atomic E-state index is 4.01. The summed E-state index contributed by atoms with van der Waals surface area (Å²) in [7, 11) is 0. The predicted octanol–water partition coefficient (Wildman–Crippen LogP) is 3.99. The van der Waals surface area contributed by atoms with Crippen LogP contribution in [0.25, 0.3) is 10.8 Å². The molecule has 2 nitrogen and oxygen atoms in total. The van der Waals surface area contributed by atoms with Crippen LogP contribution in [0, 0.1) is 0 Å². The highest BCUT2D eigenvalue weighted by atomic mass is 35.5. The summed E-state index contributed by atoms with van der Waals surface area (Å²) < 4.78 is 0. The number of rotatable bonds is 0. The fraction of sp³-hybridized carbons (Fsp3) is 0.167. The lowest BCUT2D eigenvalue weighted by Crippen LogP contribution is -2.23. The van der Waals surface area contributed by atoms with Gasteiger partial charge in [0, 0.05) is 18.9 Å². The van der Waals surface area contributed by atoms with Gasteiger partial charge >= 0.3 is 0 Å². The number of fused-ring (bicyclic) bond motifs is 2. The molecule has 2 aromatic carbocycles. The van der Waals surface area contributed by atoms with Gasteiger partial charge in [-0.15, -0.1) is 12.4 Å². The Morgan fingerprint density at radius 3 is 2.29 bits per heavy atom. The first-order valence-corrected chi connectivity index (χ1v) is 7.00. The summed E-state index contributed by atoms with van der Waals surface area (Å²) in [6.07, 6.45) is 4.87. The molecule has 0 atom stereocenters. The Kier molecular flexibility index (Phi) is 5.73. The molecule has 1 aromatic heterocycles. The zero-order valence-corrected chi connectivity index (χ0v) is 12.6. The molecular weight excluding hydrogens is 280 g/mol. The van der Waals surface area contributed by atoms with E-state index in [0.717, 1.165) is 13.1 Å². The highest BCUT2D eigenvalue weighted by molar-refractivity contribution is 5.85. The normalized spacial score (nSPS) is 12.6. The van der Waals surface area contributed by atoms with Crippen LogP contribution in [-0.4, -0.2) is 11.5 Å². The maximum atomic E-state index is 4.01. The van der Waals surface area contributed by atoms with Crippen LogP contribution >= 0.6 is 12.4 Å². The minimum Gasteiger partial charge on any atom is -0.312 e. The fourth-order valence-electron chi connectivity index (χ4n) is 2.45. The van der Waals surface area contributed by atoms with Gasteiger partial charge in [-0.2, -0.15) is 0 Å². The summed E-state index contributed by atoms with van der Waals surface area (Å²) in [4.78, 5) is 4.01. The number of halogens is 1. The highest BCUT2D eigenvalue weighted by Crippen LogP contribution is 2.11. The number of nitrogens with zero attached hydrogens (tertiary/aromatic N) is 1. The number of aromatic nitrogens is 1. The van der Waals surface area contributed by atoms with E-state index in [1.54, 1.807) is 0 Å². The first-order valence-electron chi connectivity index (χ1n) is 7.00. The van der Waals surface area contributed by atoms with E-state index in [4.69, 9.17) is 0 Å². The van der Waals surface area contributed by atoms with Crippen molar-refractivity contribution in [2.75, 3.05) is 6.54 Å². The van der Waals surface area contributed by atoms with Gasteiger partial charge in [-0.1, -0.05) is 48.5 Å². The average molecular weight is 299 g/mol. The Balaban J connectivity index is 0.000000147. The van der Waals surface area contributed by atoms with E-state index in [-0.39, 0.29) is 12.4 Å². The van der Waals surface area contributed by atoms with Gasteiger partial charge in [-0.3, -0.25) is 4.98 Å². The van der Waals surface area contributed by atoms with E-state index in [1.807, 2.05) is 30.6 Å². The molecule has 1 aliphatic heterocycles. The van der Waals surface area contributed by atoms with Crippen molar-refractivity contribution >= 4 is 23.2 Å². The zero-order valence-electron chi connectivity index (χ0n) is 11.8. The lowest BCUT2D eigenvalue weighted by atomic mass is 10.0. The van der Waals surface area contributed by atoms with Crippen LogP contribution < -0.4 is 5.32 Å². The van der Waals surface area contributed by atoms with E-state index >= 15 is 0 Å². The van der Waals surface area contributed by atoms with Crippen molar-refractivity contribution in [1.29, 1.82) is 0 Å². The van der Waals surface area contributed by atoms with Crippen LogP contribution in [0.5, 0.6) is 0 Å². The number of benzene rings is 2. The molecule has 0 amide bonds. The van der Waals surface area contributed by atoms with Crippen molar-refractivity contribution in [3.63, 3.8) is 0 Å². The molecule has 4 rings (SSSR count). The zero-order chi connectivity index (χ0) is 13.6. The summed E-state index contributed by atoms with van der Waals surface area (Å²) in [5.74, 6) is 0. The molecule has 0 saturated carbocycles. The van der Waals surface area contributed by atoms with E-state index in [1.165, 1.54) is 28.3 Å². The molecule has 0 saturated heterocycles. The smallest absolute Gasteiger partial charge is 0.0346 e. The van der Waals surface area contributed by atoms with E-state index in [0.29, 0.717) is 0 Å². The molecule has 1 aliphatic rings. The van der Waals surface area contributed by atoms with Crippen molar-refractivity contribution in [1.82, 2.24) is 10.3 Å². The van der Waals surface area contributed by atoms with Gasteiger partial charge in [-0.25, -0.2) is 0 Å².